The Morgan fingerprint density at radius 2 is 1.87 bits per heavy atom. The Balaban J connectivity index is 1.31. The van der Waals surface area contributed by atoms with Gasteiger partial charge in [0.25, 0.3) is 0 Å². The molecule has 1 saturated heterocycles. The van der Waals surface area contributed by atoms with Crippen LogP contribution in [0.4, 0.5) is 0 Å². The summed E-state index contributed by atoms with van der Waals surface area (Å²) in [4.78, 5) is 12.7. The topological polar surface area (TPSA) is 38.3 Å². The van der Waals surface area contributed by atoms with Gasteiger partial charge >= 0.3 is 0 Å². The Kier molecular flexibility index (Phi) is 7.65. The van der Waals surface area contributed by atoms with Gasteiger partial charge in [-0.25, -0.2) is 0 Å². The van der Waals surface area contributed by atoms with Crippen LogP contribution in [0.15, 0.2) is 84.5 Å². The van der Waals surface area contributed by atoms with Crippen molar-refractivity contribution in [2.24, 2.45) is 5.92 Å². The van der Waals surface area contributed by atoms with E-state index >= 15 is 0 Å². The molecule has 0 radical (unpaired) electrons. The van der Waals surface area contributed by atoms with Gasteiger partial charge in [0.15, 0.2) is 5.78 Å². The molecule has 2 atom stereocenters. The lowest BCUT2D eigenvalue weighted by molar-refractivity contribution is 0.104. The zero-order valence-corrected chi connectivity index (χ0v) is 18.0. The summed E-state index contributed by atoms with van der Waals surface area (Å²) in [5.74, 6) is 0.752. The average Bonchev–Trinajstić information content (AvgIpc) is 3.08. The van der Waals surface area contributed by atoms with Gasteiger partial charge in [0.2, 0.25) is 0 Å². The number of carbonyl (C=O) groups excluding carboxylic acids is 1. The summed E-state index contributed by atoms with van der Waals surface area (Å²) in [5.41, 5.74) is 4.25. The van der Waals surface area contributed by atoms with Crippen LogP contribution in [0.2, 0.25) is 0 Å². The summed E-state index contributed by atoms with van der Waals surface area (Å²) in [6.07, 6.45) is 14.7. The molecule has 0 saturated carbocycles. The van der Waals surface area contributed by atoms with Crippen molar-refractivity contribution >= 4 is 11.9 Å². The van der Waals surface area contributed by atoms with Crippen molar-refractivity contribution < 1.29 is 9.53 Å². The standard InChI is InChI=1S/C28H31NO2/c30-28(26-12-8-24(9-13-26)19-23-7-4-17-31-18-16-23)20-25-11-15-27(29-21-25)14-10-22-5-2-1-3-6-22/h1-3,5-6,8-15,20,23,27,29H,4,7,16-19,21H2. The highest BCUT2D eigenvalue weighted by Gasteiger charge is 2.14. The van der Waals surface area contributed by atoms with Gasteiger partial charge in [-0.3, -0.25) is 4.79 Å². The molecule has 160 valence electrons. The molecule has 0 aromatic heterocycles. The summed E-state index contributed by atoms with van der Waals surface area (Å²) >= 11 is 0. The van der Waals surface area contributed by atoms with Crippen LogP contribution in [0.1, 0.15) is 40.7 Å². The fourth-order valence-corrected chi connectivity index (χ4v) is 4.16. The molecule has 0 amide bonds. The Morgan fingerprint density at radius 1 is 1.03 bits per heavy atom. The maximum Gasteiger partial charge on any atom is 0.186 e. The molecule has 0 bridgehead atoms. The molecule has 1 N–H and O–H groups in total. The molecular weight excluding hydrogens is 382 g/mol. The molecule has 0 aliphatic carbocycles. The van der Waals surface area contributed by atoms with Crippen LogP contribution in [0.5, 0.6) is 0 Å². The first-order valence-electron chi connectivity index (χ1n) is 11.3. The number of allylic oxidation sites excluding steroid dienone is 1. The molecule has 3 heteroatoms. The lowest BCUT2D eigenvalue weighted by atomic mass is 9.92. The first-order chi connectivity index (χ1) is 15.3. The highest BCUT2D eigenvalue weighted by atomic mass is 16.5. The molecule has 0 spiro atoms. The van der Waals surface area contributed by atoms with Crippen LogP contribution in [0, 0.1) is 5.92 Å². The Morgan fingerprint density at radius 3 is 2.65 bits per heavy atom. The van der Waals surface area contributed by atoms with Gasteiger partial charge in [-0.15, -0.1) is 0 Å². The summed E-state index contributed by atoms with van der Waals surface area (Å²) in [6, 6.07) is 18.6. The molecule has 2 unspecified atom stereocenters. The van der Waals surface area contributed by atoms with Gasteiger partial charge in [-0.1, -0.05) is 78.9 Å². The fraction of sp³-hybridized carbons (Fsp3) is 0.321. The fourth-order valence-electron chi connectivity index (χ4n) is 4.16. The largest absolute Gasteiger partial charge is 0.381 e. The summed E-state index contributed by atoms with van der Waals surface area (Å²) in [7, 11) is 0. The van der Waals surface area contributed by atoms with Crippen LogP contribution in [0.25, 0.3) is 6.08 Å². The molecule has 2 heterocycles. The van der Waals surface area contributed by atoms with Crippen molar-refractivity contribution in [3.05, 3.63) is 101 Å². The summed E-state index contributed by atoms with van der Waals surface area (Å²) in [6.45, 7) is 2.46. The third-order valence-electron chi connectivity index (χ3n) is 6.01. The van der Waals surface area contributed by atoms with E-state index in [0.717, 1.165) is 43.6 Å². The number of nitrogens with one attached hydrogen (secondary N) is 1. The highest BCUT2D eigenvalue weighted by molar-refractivity contribution is 6.05. The number of rotatable bonds is 6. The van der Waals surface area contributed by atoms with Crippen LogP contribution < -0.4 is 5.32 Å². The lowest BCUT2D eigenvalue weighted by Gasteiger charge is -2.17. The third-order valence-corrected chi connectivity index (χ3v) is 6.01. The smallest absolute Gasteiger partial charge is 0.186 e. The van der Waals surface area contributed by atoms with Crippen molar-refractivity contribution in [3.8, 4) is 0 Å². The first kappa shape index (κ1) is 21.5. The summed E-state index contributed by atoms with van der Waals surface area (Å²) in [5, 5.41) is 3.45. The number of hydrogen-bond donors (Lipinski definition) is 1. The van der Waals surface area contributed by atoms with Crippen LogP contribution in [0.3, 0.4) is 0 Å². The Labute approximate surface area is 185 Å². The molecule has 31 heavy (non-hydrogen) atoms. The van der Waals surface area contributed by atoms with E-state index in [4.69, 9.17) is 4.74 Å². The molecule has 2 aliphatic heterocycles. The van der Waals surface area contributed by atoms with Gasteiger partial charge in [0.05, 0.1) is 0 Å². The van der Waals surface area contributed by atoms with E-state index in [1.54, 1.807) is 6.08 Å². The second kappa shape index (κ2) is 11.0. The number of ketones is 1. The SMILES string of the molecule is O=C(C=C1C=CC(C=Cc2ccccc2)NC1)c1ccc(CC2CCCOCC2)cc1. The van der Waals surface area contributed by atoms with Gasteiger partial charge in [-0.05, 0) is 54.4 Å². The van der Waals surface area contributed by atoms with E-state index in [2.05, 4.69) is 53.9 Å². The predicted molar refractivity (Wildman–Crippen MR) is 127 cm³/mol. The highest BCUT2D eigenvalue weighted by Crippen LogP contribution is 2.21. The zero-order chi connectivity index (χ0) is 21.3. The minimum Gasteiger partial charge on any atom is -0.381 e. The predicted octanol–water partition coefficient (Wildman–Crippen LogP) is 5.40. The van der Waals surface area contributed by atoms with E-state index < -0.39 is 0 Å². The van der Waals surface area contributed by atoms with Crippen molar-refractivity contribution in [2.75, 3.05) is 19.8 Å². The maximum atomic E-state index is 12.7. The average molecular weight is 414 g/mol. The van der Waals surface area contributed by atoms with E-state index in [1.165, 1.54) is 17.5 Å². The van der Waals surface area contributed by atoms with E-state index in [-0.39, 0.29) is 11.8 Å². The monoisotopic (exact) mass is 413 g/mol. The van der Waals surface area contributed by atoms with Crippen molar-refractivity contribution in [1.82, 2.24) is 5.32 Å². The normalized spacial score (nSPS) is 23.2. The first-order valence-corrected chi connectivity index (χ1v) is 11.3. The number of ether oxygens (including phenoxy) is 1. The van der Waals surface area contributed by atoms with Crippen molar-refractivity contribution in [1.29, 1.82) is 0 Å². The minimum atomic E-state index is 0.0640. The van der Waals surface area contributed by atoms with E-state index in [9.17, 15) is 4.79 Å². The minimum absolute atomic E-state index is 0.0640. The molecule has 2 aliphatic rings. The molecule has 1 fully saturated rings. The van der Waals surface area contributed by atoms with Crippen LogP contribution in [-0.4, -0.2) is 31.6 Å². The van der Waals surface area contributed by atoms with E-state index in [1.807, 2.05) is 30.3 Å². The third kappa shape index (κ3) is 6.61. The molecule has 2 aromatic carbocycles. The number of carbonyl (C=O) groups is 1. The molecule has 4 rings (SSSR count). The summed E-state index contributed by atoms with van der Waals surface area (Å²) < 4.78 is 5.56. The van der Waals surface area contributed by atoms with Gasteiger partial charge < -0.3 is 10.1 Å². The lowest BCUT2D eigenvalue weighted by Crippen LogP contribution is -2.30. The number of benzene rings is 2. The van der Waals surface area contributed by atoms with E-state index in [0.29, 0.717) is 12.5 Å². The van der Waals surface area contributed by atoms with Crippen molar-refractivity contribution in [3.63, 3.8) is 0 Å². The van der Waals surface area contributed by atoms with Gasteiger partial charge in [0.1, 0.15) is 0 Å². The van der Waals surface area contributed by atoms with Crippen LogP contribution >= 0.6 is 0 Å². The second-order valence-electron chi connectivity index (χ2n) is 8.43. The van der Waals surface area contributed by atoms with Crippen molar-refractivity contribution in [2.45, 2.75) is 31.7 Å². The molecular formula is C28H31NO2. The van der Waals surface area contributed by atoms with Crippen LogP contribution in [-0.2, 0) is 11.2 Å². The van der Waals surface area contributed by atoms with Gasteiger partial charge in [-0.2, -0.15) is 0 Å². The zero-order valence-electron chi connectivity index (χ0n) is 18.0. The Bertz CT molecular complexity index is 933. The second-order valence-corrected chi connectivity index (χ2v) is 8.43. The quantitative estimate of drug-likeness (QED) is 0.509. The molecule has 3 nitrogen and oxygen atoms in total. The molecule has 2 aromatic rings. The Hall–Kier alpha value is -2.75. The van der Waals surface area contributed by atoms with Gasteiger partial charge in [0, 0.05) is 31.4 Å². The maximum absolute atomic E-state index is 12.7. The number of hydrogen-bond acceptors (Lipinski definition) is 3.